The van der Waals surface area contributed by atoms with Gasteiger partial charge < -0.3 is 5.11 Å². The third-order valence-electron chi connectivity index (χ3n) is 3.29. The topological polar surface area (TPSA) is 20.2 Å². The van der Waals surface area contributed by atoms with Gasteiger partial charge in [-0.1, -0.05) is 19.9 Å². The van der Waals surface area contributed by atoms with Gasteiger partial charge in [0.25, 0.3) is 0 Å². The third kappa shape index (κ3) is 1.22. The van der Waals surface area contributed by atoms with Crippen molar-refractivity contribution in [3.63, 3.8) is 0 Å². The molecule has 0 saturated heterocycles. The minimum Gasteiger partial charge on any atom is -0.393 e. The molecule has 1 saturated carbocycles. The molecule has 1 nitrogen and oxygen atoms in total. The second kappa shape index (κ2) is 2.63. The van der Waals surface area contributed by atoms with Crippen molar-refractivity contribution in [1.29, 1.82) is 0 Å². The average molecular weight is 154 g/mol. The van der Waals surface area contributed by atoms with Crippen molar-refractivity contribution in [2.75, 3.05) is 0 Å². The molecule has 3 atom stereocenters. The van der Waals surface area contributed by atoms with Gasteiger partial charge in [0, 0.05) is 0 Å². The zero-order valence-electron chi connectivity index (χ0n) is 7.67. The van der Waals surface area contributed by atoms with Gasteiger partial charge in [-0.3, -0.25) is 0 Å². The second-order valence-corrected chi connectivity index (χ2v) is 4.25. The van der Waals surface area contributed by atoms with Crippen LogP contribution in [0.25, 0.3) is 0 Å². The monoisotopic (exact) mass is 154 g/mol. The summed E-state index contributed by atoms with van der Waals surface area (Å²) < 4.78 is 0. The highest BCUT2D eigenvalue weighted by Gasteiger charge is 2.48. The first-order chi connectivity index (χ1) is 5.00. The summed E-state index contributed by atoms with van der Waals surface area (Å²) in [5, 5.41) is 9.39. The lowest BCUT2D eigenvalue weighted by Crippen LogP contribution is -2.48. The quantitative estimate of drug-likeness (QED) is 0.605. The molecule has 1 rings (SSSR count). The van der Waals surface area contributed by atoms with Crippen molar-refractivity contribution in [3.8, 4) is 0 Å². The Balaban J connectivity index is 2.60. The SMILES string of the molecule is C=CC1CC(C(C)O)C1(C)C. The maximum absolute atomic E-state index is 9.39. The highest BCUT2D eigenvalue weighted by Crippen LogP contribution is 2.53. The molecule has 64 valence electrons. The predicted molar refractivity (Wildman–Crippen MR) is 47.3 cm³/mol. The van der Waals surface area contributed by atoms with Gasteiger partial charge in [-0.05, 0) is 30.6 Å². The van der Waals surface area contributed by atoms with E-state index in [-0.39, 0.29) is 11.5 Å². The summed E-state index contributed by atoms with van der Waals surface area (Å²) in [7, 11) is 0. The van der Waals surface area contributed by atoms with E-state index < -0.39 is 0 Å². The summed E-state index contributed by atoms with van der Waals surface area (Å²) in [5.74, 6) is 1.06. The normalized spacial score (nSPS) is 37.5. The Hall–Kier alpha value is -0.300. The molecule has 1 N–H and O–H groups in total. The Bertz CT molecular complexity index is 158. The van der Waals surface area contributed by atoms with E-state index in [1.54, 1.807) is 0 Å². The van der Waals surface area contributed by atoms with Crippen LogP contribution in [0.1, 0.15) is 27.2 Å². The van der Waals surface area contributed by atoms with Gasteiger partial charge in [0.15, 0.2) is 0 Å². The van der Waals surface area contributed by atoms with Crippen LogP contribution in [0.15, 0.2) is 12.7 Å². The fourth-order valence-corrected chi connectivity index (χ4v) is 2.21. The van der Waals surface area contributed by atoms with Crippen molar-refractivity contribution in [2.45, 2.75) is 33.3 Å². The Morgan fingerprint density at radius 3 is 2.45 bits per heavy atom. The van der Waals surface area contributed by atoms with Gasteiger partial charge in [-0.15, -0.1) is 6.58 Å². The fourth-order valence-electron chi connectivity index (χ4n) is 2.21. The summed E-state index contributed by atoms with van der Waals surface area (Å²) in [6.45, 7) is 10.1. The zero-order chi connectivity index (χ0) is 8.65. The van der Waals surface area contributed by atoms with E-state index in [4.69, 9.17) is 0 Å². The Kier molecular flexibility index (Phi) is 2.10. The molecule has 1 aliphatic rings. The van der Waals surface area contributed by atoms with Crippen LogP contribution in [0.2, 0.25) is 0 Å². The maximum atomic E-state index is 9.39. The van der Waals surface area contributed by atoms with Crippen molar-refractivity contribution >= 4 is 0 Å². The number of hydrogen-bond donors (Lipinski definition) is 1. The van der Waals surface area contributed by atoms with E-state index >= 15 is 0 Å². The Labute approximate surface area is 69.1 Å². The minimum absolute atomic E-state index is 0.166. The van der Waals surface area contributed by atoms with Crippen LogP contribution >= 0.6 is 0 Å². The second-order valence-electron chi connectivity index (χ2n) is 4.25. The van der Waals surface area contributed by atoms with E-state index in [9.17, 15) is 5.11 Å². The molecular weight excluding hydrogens is 136 g/mol. The molecule has 1 aliphatic carbocycles. The van der Waals surface area contributed by atoms with E-state index in [0.717, 1.165) is 6.42 Å². The summed E-state index contributed by atoms with van der Waals surface area (Å²) in [5.41, 5.74) is 0.260. The fraction of sp³-hybridized carbons (Fsp3) is 0.800. The van der Waals surface area contributed by atoms with Crippen LogP contribution in [0.4, 0.5) is 0 Å². The van der Waals surface area contributed by atoms with Gasteiger partial charge in [-0.25, -0.2) is 0 Å². The molecule has 0 aromatic carbocycles. The van der Waals surface area contributed by atoms with E-state index in [2.05, 4.69) is 20.4 Å². The third-order valence-corrected chi connectivity index (χ3v) is 3.29. The number of aliphatic hydroxyl groups excluding tert-OH is 1. The molecular formula is C10H18O. The molecule has 11 heavy (non-hydrogen) atoms. The first-order valence-corrected chi connectivity index (χ1v) is 4.30. The van der Waals surface area contributed by atoms with E-state index in [1.165, 1.54) is 0 Å². The van der Waals surface area contributed by atoms with Crippen molar-refractivity contribution in [2.24, 2.45) is 17.3 Å². The highest BCUT2D eigenvalue weighted by molar-refractivity contribution is 5.05. The molecule has 0 radical (unpaired) electrons. The first kappa shape index (κ1) is 8.79. The van der Waals surface area contributed by atoms with Crippen LogP contribution in [0.5, 0.6) is 0 Å². The molecule has 0 aromatic heterocycles. The molecule has 0 bridgehead atoms. The number of aliphatic hydroxyl groups is 1. The summed E-state index contributed by atoms with van der Waals surface area (Å²) in [6, 6.07) is 0. The molecule has 1 heteroatoms. The predicted octanol–water partition coefficient (Wildman–Crippen LogP) is 2.22. The van der Waals surface area contributed by atoms with Gasteiger partial charge in [0.1, 0.15) is 0 Å². The van der Waals surface area contributed by atoms with Gasteiger partial charge >= 0.3 is 0 Å². The molecule has 0 heterocycles. The lowest BCUT2D eigenvalue weighted by atomic mass is 9.53. The smallest absolute Gasteiger partial charge is 0.0545 e. The summed E-state index contributed by atoms with van der Waals surface area (Å²) in [4.78, 5) is 0. The highest BCUT2D eigenvalue weighted by atomic mass is 16.3. The van der Waals surface area contributed by atoms with E-state index in [0.29, 0.717) is 11.8 Å². The summed E-state index contributed by atoms with van der Waals surface area (Å²) in [6.07, 6.45) is 2.95. The standard InChI is InChI=1S/C10H18O/c1-5-8-6-9(7(2)11)10(8,3)4/h5,7-9,11H,1,6H2,2-4H3. The van der Waals surface area contributed by atoms with Crippen LogP contribution in [0.3, 0.4) is 0 Å². The zero-order valence-corrected chi connectivity index (χ0v) is 7.67. The van der Waals surface area contributed by atoms with Gasteiger partial charge in [0.2, 0.25) is 0 Å². The van der Waals surface area contributed by atoms with Gasteiger partial charge in [0.05, 0.1) is 6.10 Å². The molecule has 0 spiro atoms. The molecule has 0 aromatic rings. The Morgan fingerprint density at radius 2 is 2.18 bits per heavy atom. The number of allylic oxidation sites excluding steroid dienone is 1. The molecule has 3 unspecified atom stereocenters. The van der Waals surface area contributed by atoms with Gasteiger partial charge in [-0.2, -0.15) is 0 Å². The largest absolute Gasteiger partial charge is 0.393 e. The van der Waals surface area contributed by atoms with Crippen molar-refractivity contribution in [3.05, 3.63) is 12.7 Å². The van der Waals surface area contributed by atoms with E-state index in [1.807, 2.05) is 13.0 Å². The van der Waals surface area contributed by atoms with Crippen molar-refractivity contribution < 1.29 is 5.11 Å². The van der Waals surface area contributed by atoms with Crippen LogP contribution in [-0.2, 0) is 0 Å². The maximum Gasteiger partial charge on any atom is 0.0545 e. The van der Waals surface area contributed by atoms with Crippen LogP contribution < -0.4 is 0 Å². The molecule has 0 aliphatic heterocycles. The van der Waals surface area contributed by atoms with Crippen molar-refractivity contribution in [1.82, 2.24) is 0 Å². The first-order valence-electron chi connectivity index (χ1n) is 4.30. The summed E-state index contributed by atoms with van der Waals surface area (Å²) >= 11 is 0. The average Bonchev–Trinajstić information content (AvgIpc) is 1.85. The van der Waals surface area contributed by atoms with Crippen LogP contribution in [0, 0.1) is 17.3 Å². The number of rotatable bonds is 2. The number of hydrogen-bond acceptors (Lipinski definition) is 1. The molecule has 0 amide bonds. The minimum atomic E-state index is -0.166. The van der Waals surface area contributed by atoms with Crippen LogP contribution in [-0.4, -0.2) is 11.2 Å². The lowest BCUT2D eigenvalue weighted by molar-refractivity contribution is -0.0667. The lowest BCUT2D eigenvalue weighted by Gasteiger charge is -2.52. The molecule has 1 fully saturated rings. The Morgan fingerprint density at radius 1 is 1.64 bits per heavy atom.